The van der Waals surface area contributed by atoms with Gasteiger partial charge in [-0.25, -0.2) is 9.97 Å². The fourth-order valence-corrected chi connectivity index (χ4v) is 2.53. The summed E-state index contributed by atoms with van der Waals surface area (Å²) >= 11 is 7.30. The molecule has 0 atom stereocenters. The minimum Gasteiger partial charge on any atom is -0.319 e. The van der Waals surface area contributed by atoms with Crippen molar-refractivity contribution in [2.24, 2.45) is 0 Å². The zero-order valence-electron chi connectivity index (χ0n) is 10.2. The van der Waals surface area contributed by atoms with Crippen LogP contribution in [0.5, 0.6) is 0 Å². The third kappa shape index (κ3) is 2.68. The van der Waals surface area contributed by atoms with Gasteiger partial charge in [0.15, 0.2) is 5.15 Å². The molecular formula is C12H12ClN3OS. The number of amides is 1. The number of nitrogens with one attached hydrogen (secondary N) is 1. The summed E-state index contributed by atoms with van der Waals surface area (Å²) in [5, 5.41) is 3.91. The van der Waals surface area contributed by atoms with Gasteiger partial charge in [-0.2, -0.15) is 0 Å². The van der Waals surface area contributed by atoms with Crippen molar-refractivity contribution in [1.82, 2.24) is 9.97 Å². The highest BCUT2D eigenvalue weighted by Crippen LogP contribution is 2.23. The number of aryl methyl sites for hydroxylation is 3. The van der Waals surface area contributed by atoms with E-state index in [9.17, 15) is 4.79 Å². The Morgan fingerprint density at radius 1 is 1.39 bits per heavy atom. The third-order valence-electron chi connectivity index (χ3n) is 2.33. The summed E-state index contributed by atoms with van der Waals surface area (Å²) in [4.78, 5) is 20.9. The summed E-state index contributed by atoms with van der Waals surface area (Å²) in [5.74, 6) is -0.201. The predicted octanol–water partition coefficient (Wildman–Crippen LogP) is 3.37. The van der Waals surface area contributed by atoms with Gasteiger partial charge in [0.05, 0.1) is 16.4 Å². The van der Waals surface area contributed by atoms with Crippen molar-refractivity contribution in [3.63, 3.8) is 0 Å². The quantitative estimate of drug-likeness (QED) is 0.859. The fraction of sp³-hybridized carbons (Fsp3) is 0.250. The van der Waals surface area contributed by atoms with Crippen LogP contribution < -0.4 is 5.32 Å². The van der Waals surface area contributed by atoms with Crippen LogP contribution in [0.2, 0.25) is 5.15 Å². The van der Waals surface area contributed by atoms with E-state index in [1.165, 1.54) is 11.3 Å². The van der Waals surface area contributed by atoms with Crippen LogP contribution in [0.25, 0.3) is 0 Å². The molecule has 0 unspecified atom stereocenters. The van der Waals surface area contributed by atoms with E-state index in [1.807, 2.05) is 20.8 Å². The molecule has 0 bridgehead atoms. The molecular weight excluding hydrogens is 270 g/mol. The fourth-order valence-electron chi connectivity index (χ4n) is 1.56. The molecule has 1 amide bonds. The van der Waals surface area contributed by atoms with Gasteiger partial charge >= 0.3 is 0 Å². The molecule has 0 aromatic carbocycles. The Morgan fingerprint density at radius 3 is 2.72 bits per heavy atom. The number of pyridine rings is 1. The highest BCUT2D eigenvalue weighted by molar-refractivity contribution is 7.13. The van der Waals surface area contributed by atoms with E-state index >= 15 is 0 Å². The lowest BCUT2D eigenvalue weighted by atomic mass is 10.3. The number of thiazole rings is 1. The first-order chi connectivity index (χ1) is 8.47. The van der Waals surface area contributed by atoms with Gasteiger partial charge in [0.2, 0.25) is 0 Å². The minimum atomic E-state index is -0.201. The molecule has 0 aliphatic rings. The molecule has 0 saturated heterocycles. The summed E-state index contributed by atoms with van der Waals surface area (Å²) in [6.45, 7) is 5.57. The van der Waals surface area contributed by atoms with Gasteiger partial charge in [-0.05, 0) is 32.4 Å². The standard InChI is InChI=1S/C12H12ClN3OS/c1-6-4-9(11(13)14-5-6)16-12(17)10-7(2)15-8(3)18-10/h4-5H,1-3H3,(H,16,17). The van der Waals surface area contributed by atoms with E-state index in [0.29, 0.717) is 10.6 Å². The average Bonchev–Trinajstić information content (AvgIpc) is 2.63. The first kappa shape index (κ1) is 13.0. The molecule has 4 nitrogen and oxygen atoms in total. The molecule has 2 heterocycles. The second-order valence-corrected chi connectivity index (χ2v) is 5.51. The summed E-state index contributed by atoms with van der Waals surface area (Å²) in [5.41, 5.74) is 2.19. The van der Waals surface area contributed by atoms with E-state index in [4.69, 9.17) is 11.6 Å². The lowest BCUT2D eigenvalue weighted by Crippen LogP contribution is -2.12. The van der Waals surface area contributed by atoms with Gasteiger partial charge in [-0.15, -0.1) is 11.3 Å². The van der Waals surface area contributed by atoms with Crippen molar-refractivity contribution >= 4 is 34.5 Å². The molecule has 2 aromatic heterocycles. The van der Waals surface area contributed by atoms with Crippen LogP contribution in [0.3, 0.4) is 0 Å². The van der Waals surface area contributed by atoms with Crippen LogP contribution in [0.4, 0.5) is 5.69 Å². The number of hydrogen-bond donors (Lipinski definition) is 1. The number of aromatic nitrogens is 2. The lowest BCUT2D eigenvalue weighted by Gasteiger charge is -2.06. The molecule has 94 valence electrons. The monoisotopic (exact) mass is 281 g/mol. The SMILES string of the molecule is Cc1cnc(Cl)c(NC(=O)c2sc(C)nc2C)c1. The second kappa shape index (κ2) is 5.04. The van der Waals surface area contributed by atoms with E-state index in [0.717, 1.165) is 16.3 Å². The number of halogens is 1. The molecule has 0 radical (unpaired) electrons. The smallest absolute Gasteiger partial charge is 0.267 e. The van der Waals surface area contributed by atoms with E-state index in [2.05, 4.69) is 15.3 Å². The van der Waals surface area contributed by atoms with Gasteiger partial charge in [-0.3, -0.25) is 4.79 Å². The highest BCUT2D eigenvalue weighted by atomic mass is 35.5. The topological polar surface area (TPSA) is 54.9 Å². The van der Waals surface area contributed by atoms with E-state index < -0.39 is 0 Å². The Balaban J connectivity index is 2.26. The number of carbonyl (C=O) groups excluding carboxylic acids is 1. The molecule has 6 heteroatoms. The molecule has 0 aliphatic heterocycles. The van der Waals surface area contributed by atoms with Crippen molar-refractivity contribution in [2.75, 3.05) is 5.32 Å². The average molecular weight is 282 g/mol. The maximum absolute atomic E-state index is 12.1. The van der Waals surface area contributed by atoms with Crippen molar-refractivity contribution < 1.29 is 4.79 Å². The summed E-state index contributed by atoms with van der Waals surface area (Å²) < 4.78 is 0. The van der Waals surface area contributed by atoms with Crippen LogP contribution in [-0.2, 0) is 0 Å². The molecule has 0 aliphatic carbocycles. The van der Waals surface area contributed by atoms with Crippen LogP contribution in [0, 0.1) is 20.8 Å². The minimum absolute atomic E-state index is 0.201. The molecule has 1 N–H and O–H groups in total. The first-order valence-electron chi connectivity index (χ1n) is 5.35. The third-order valence-corrected chi connectivity index (χ3v) is 3.71. The van der Waals surface area contributed by atoms with Crippen LogP contribution >= 0.6 is 22.9 Å². The lowest BCUT2D eigenvalue weighted by molar-refractivity contribution is 0.103. The largest absolute Gasteiger partial charge is 0.319 e. The van der Waals surface area contributed by atoms with Crippen molar-refractivity contribution in [1.29, 1.82) is 0 Å². The first-order valence-corrected chi connectivity index (χ1v) is 6.54. The predicted molar refractivity (Wildman–Crippen MR) is 73.5 cm³/mol. The Bertz CT molecular complexity index is 609. The van der Waals surface area contributed by atoms with Gasteiger partial charge < -0.3 is 5.32 Å². The van der Waals surface area contributed by atoms with Gasteiger partial charge in [0.1, 0.15) is 4.88 Å². The molecule has 0 saturated carbocycles. The van der Waals surface area contributed by atoms with Crippen molar-refractivity contribution in [3.05, 3.63) is 38.6 Å². The van der Waals surface area contributed by atoms with Crippen LogP contribution in [-0.4, -0.2) is 15.9 Å². The Hall–Kier alpha value is -1.46. The van der Waals surface area contributed by atoms with E-state index in [1.54, 1.807) is 12.3 Å². The molecule has 2 rings (SSSR count). The summed E-state index contributed by atoms with van der Waals surface area (Å²) in [7, 11) is 0. The Morgan fingerprint density at radius 2 is 2.11 bits per heavy atom. The molecule has 0 fully saturated rings. The van der Waals surface area contributed by atoms with Crippen molar-refractivity contribution in [2.45, 2.75) is 20.8 Å². The number of nitrogens with zero attached hydrogens (tertiary/aromatic N) is 2. The molecule has 18 heavy (non-hydrogen) atoms. The van der Waals surface area contributed by atoms with Crippen LogP contribution in [0.15, 0.2) is 12.3 Å². The van der Waals surface area contributed by atoms with Gasteiger partial charge in [0, 0.05) is 6.20 Å². The maximum atomic E-state index is 12.1. The number of rotatable bonds is 2. The molecule has 2 aromatic rings. The zero-order valence-corrected chi connectivity index (χ0v) is 11.8. The number of hydrogen-bond acceptors (Lipinski definition) is 4. The summed E-state index contributed by atoms with van der Waals surface area (Å²) in [6, 6.07) is 1.79. The second-order valence-electron chi connectivity index (χ2n) is 3.95. The Labute approximate surface area is 114 Å². The van der Waals surface area contributed by atoms with Gasteiger partial charge in [0.25, 0.3) is 5.91 Å². The maximum Gasteiger partial charge on any atom is 0.267 e. The highest BCUT2D eigenvalue weighted by Gasteiger charge is 2.15. The molecule has 0 spiro atoms. The Kier molecular flexibility index (Phi) is 3.63. The van der Waals surface area contributed by atoms with E-state index in [-0.39, 0.29) is 11.1 Å². The zero-order chi connectivity index (χ0) is 13.3. The normalized spacial score (nSPS) is 10.4. The number of anilines is 1. The van der Waals surface area contributed by atoms with Crippen molar-refractivity contribution in [3.8, 4) is 0 Å². The summed E-state index contributed by atoms with van der Waals surface area (Å²) in [6.07, 6.45) is 1.65. The van der Waals surface area contributed by atoms with Crippen LogP contribution in [0.1, 0.15) is 25.9 Å². The van der Waals surface area contributed by atoms with Gasteiger partial charge in [-0.1, -0.05) is 11.6 Å². The number of carbonyl (C=O) groups is 1.